The van der Waals surface area contributed by atoms with E-state index in [4.69, 9.17) is 10.5 Å². The molecule has 0 saturated heterocycles. The molecule has 19 heavy (non-hydrogen) atoms. The van der Waals surface area contributed by atoms with Gasteiger partial charge in [-0.2, -0.15) is 0 Å². The molecule has 104 valence electrons. The summed E-state index contributed by atoms with van der Waals surface area (Å²) in [5.41, 5.74) is 8.14. The number of benzene rings is 1. The molecule has 0 aromatic heterocycles. The van der Waals surface area contributed by atoms with E-state index < -0.39 is 0 Å². The summed E-state index contributed by atoms with van der Waals surface area (Å²) in [6.45, 7) is 1.85. The summed E-state index contributed by atoms with van der Waals surface area (Å²) in [5.74, 6) is 0.907. The van der Waals surface area contributed by atoms with Crippen LogP contribution in [0.4, 0.5) is 0 Å². The number of nitrogens with one attached hydrogen (secondary N) is 1. The second-order valence-corrected chi connectivity index (χ2v) is 5.26. The third-order valence-corrected chi connectivity index (χ3v) is 3.51. The first-order valence-corrected chi connectivity index (χ1v) is 6.82. The lowest BCUT2D eigenvalue weighted by Gasteiger charge is -2.27. The molecule has 2 unspecified atom stereocenters. The molecule has 0 saturated carbocycles. The molecular formula is C15H22N2O2. The van der Waals surface area contributed by atoms with Crippen molar-refractivity contribution >= 4 is 5.91 Å². The molecule has 0 radical (unpaired) electrons. The predicted molar refractivity (Wildman–Crippen MR) is 75.1 cm³/mol. The zero-order valence-electron chi connectivity index (χ0n) is 11.6. The van der Waals surface area contributed by atoms with Gasteiger partial charge in [-0.15, -0.1) is 0 Å². The van der Waals surface area contributed by atoms with Crippen LogP contribution in [-0.4, -0.2) is 19.1 Å². The maximum Gasteiger partial charge on any atom is 0.222 e. The molecule has 2 atom stereocenters. The molecule has 2 rings (SSSR count). The summed E-state index contributed by atoms with van der Waals surface area (Å²) >= 11 is 0. The molecule has 1 aliphatic carbocycles. The number of rotatable bonds is 4. The van der Waals surface area contributed by atoms with Gasteiger partial charge in [-0.05, 0) is 49.4 Å². The first-order valence-electron chi connectivity index (χ1n) is 6.82. The molecule has 1 aromatic rings. The lowest BCUT2D eigenvalue weighted by atomic mass is 9.87. The van der Waals surface area contributed by atoms with Gasteiger partial charge in [0.1, 0.15) is 5.75 Å². The number of hydrogen-bond donors (Lipinski definition) is 2. The van der Waals surface area contributed by atoms with E-state index in [0.717, 1.165) is 25.0 Å². The van der Waals surface area contributed by atoms with Crippen LogP contribution in [0, 0.1) is 0 Å². The Labute approximate surface area is 114 Å². The Morgan fingerprint density at radius 2 is 2.37 bits per heavy atom. The molecule has 3 N–H and O–H groups in total. The van der Waals surface area contributed by atoms with Crippen LogP contribution < -0.4 is 15.8 Å². The van der Waals surface area contributed by atoms with E-state index in [9.17, 15) is 4.79 Å². The van der Waals surface area contributed by atoms with Crippen LogP contribution in [-0.2, 0) is 11.2 Å². The van der Waals surface area contributed by atoms with Crippen molar-refractivity contribution in [3.8, 4) is 5.75 Å². The van der Waals surface area contributed by atoms with Crippen LogP contribution in [0.2, 0.25) is 0 Å². The van der Waals surface area contributed by atoms with Crippen LogP contribution in [0.1, 0.15) is 43.4 Å². The molecule has 1 amide bonds. The monoisotopic (exact) mass is 262 g/mol. The maximum atomic E-state index is 11.8. The predicted octanol–water partition coefficient (Wildman–Crippen LogP) is 1.93. The minimum Gasteiger partial charge on any atom is -0.497 e. The topological polar surface area (TPSA) is 64.3 Å². The summed E-state index contributed by atoms with van der Waals surface area (Å²) in [6, 6.07) is 6.10. The zero-order valence-corrected chi connectivity index (χ0v) is 11.6. The third kappa shape index (κ3) is 3.47. The number of carbonyl (C=O) groups excluding carboxylic acids is 1. The number of fused-ring (bicyclic) bond motifs is 1. The zero-order chi connectivity index (χ0) is 13.8. The molecule has 1 aliphatic rings. The highest BCUT2D eigenvalue weighted by atomic mass is 16.5. The SMILES string of the molecule is COc1ccc2c(c1)CCCC2NC(=O)CC(C)N. The largest absolute Gasteiger partial charge is 0.497 e. The van der Waals surface area contributed by atoms with Crippen LogP contribution in [0.5, 0.6) is 5.75 Å². The van der Waals surface area contributed by atoms with Gasteiger partial charge in [0, 0.05) is 12.5 Å². The van der Waals surface area contributed by atoms with E-state index in [2.05, 4.69) is 17.4 Å². The first-order chi connectivity index (χ1) is 9.10. The quantitative estimate of drug-likeness (QED) is 0.871. The van der Waals surface area contributed by atoms with E-state index in [0.29, 0.717) is 6.42 Å². The highest BCUT2D eigenvalue weighted by Gasteiger charge is 2.22. The van der Waals surface area contributed by atoms with Crippen molar-refractivity contribution < 1.29 is 9.53 Å². The molecule has 0 heterocycles. The standard InChI is InChI=1S/C15H22N2O2/c1-10(16)8-15(18)17-14-5-3-4-11-9-12(19-2)6-7-13(11)14/h6-7,9-10,14H,3-5,8,16H2,1-2H3,(H,17,18). The summed E-state index contributed by atoms with van der Waals surface area (Å²) in [6.07, 6.45) is 3.50. The lowest BCUT2D eigenvalue weighted by Crippen LogP contribution is -2.34. The van der Waals surface area contributed by atoms with E-state index in [1.165, 1.54) is 11.1 Å². The molecule has 0 fully saturated rings. The van der Waals surface area contributed by atoms with Gasteiger partial charge < -0.3 is 15.8 Å². The van der Waals surface area contributed by atoms with Crippen LogP contribution >= 0.6 is 0 Å². The minimum absolute atomic E-state index is 0.0312. The van der Waals surface area contributed by atoms with Gasteiger partial charge >= 0.3 is 0 Å². The molecule has 0 aliphatic heterocycles. The molecule has 1 aromatic carbocycles. The molecule has 0 spiro atoms. The normalized spacial score (nSPS) is 19.4. The van der Waals surface area contributed by atoms with Crippen molar-refractivity contribution in [2.24, 2.45) is 5.73 Å². The average molecular weight is 262 g/mol. The maximum absolute atomic E-state index is 11.8. The van der Waals surface area contributed by atoms with Crippen LogP contribution in [0.25, 0.3) is 0 Å². The van der Waals surface area contributed by atoms with Gasteiger partial charge in [0.2, 0.25) is 5.91 Å². The van der Waals surface area contributed by atoms with Gasteiger partial charge in [-0.3, -0.25) is 4.79 Å². The van der Waals surface area contributed by atoms with Crippen molar-refractivity contribution in [2.45, 2.75) is 44.7 Å². The molecule has 4 heteroatoms. The second-order valence-electron chi connectivity index (χ2n) is 5.26. The highest BCUT2D eigenvalue weighted by molar-refractivity contribution is 5.77. The van der Waals surface area contributed by atoms with Gasteiger partial charge in [-0.25, -0.2) is 0 Å². The van der Waals surface area contributed by atoms with Crippen LogP contribution in [0.3, 0.4) is 0 Å². The van der Waals surface area contributed by atoms with Crippen molar-refractivity contribution in [1.82, 2.24) is 5.32 Å². The van der Waals surface area contributed by atoms with Crippen molar-refractivity contribution in [3.05, 3.63) is 29.3 Å². The summed E-state index contributed by atoms with van der Waals surface area (Å²) in [5, 5.41) is 3.08. The average Bonchev–Trinajstić information content (AvgIpc) is 2.37. The summed E-state index contributed by atoms with van der Waals surface area (Å²) in [4.78, 5) is 11.8. The van der Waals surface area contributed by atoms with E-state index in [1.807, 2.05) is 13.0 Å². The fourth-order valence-corrected chi connectivity index (χ4v) is 2.61. The number of carbonyl (C=O) groups is 1. The summed E-state index contributed by atoms with van der Waals surface area (Å²) in [7, 11) is 1.67. The molecule has 0 bridgehead atoms. The van der Waals surface area contributed by atoms with Gasteiger partial charge in [-0.1, -0.05) is 6.07 Å². The van der Waals surface area contributed by atoms with Gasteiger partial charge in [0.15, 0.2) is 0 Å². The Morgan fingerprint density at radius 3 is 3.05 bits per heavy atom. The van der Waals surface area contributed by atoms with E-state index >= 15 is 0 Å². The van der Waals surface area contributed by atoms with Crippen molar-refractivity contribution in [3.63, 3.8) is 0 Å². The fraction of sp³-hybridized carbons (Fsp3) is 0.533. The Bertz CT molecular complexity index is 457. The smallest absolute Gasteiger partial charge is 0.222 e. The number of amides is 1. The van der Waals surface area contributed by atoms with E-state index in [-0.39, 0.29) is 18.0 Å². The van der Waals surface area contributed by atoms with Crippen molar-refractivity contribution in [2.75, 3.05) is 7.11 Å². The Balaban J connectivity index is 2.11. The Morgan fingerprint density at radius 1 is 1.58 bits per heavy atom. The van der Waals surface area contributed by atoms with E-state index in [1.54, 1.807) is 7.11 Å². The molecular weight excluding hydrogens is 240 g/mol. The summed E-state index contributed by atoms with van der Waals surface area (Å²) < 4.78 is 5.25. The Hall–Kier alpha value is -1.55. The van der Waals surface area contributed by atoms with Gasteiger partial charge in [0.25, 0.3) is 0 Å². The van der Waals surface area contributed by atoms with Crippen molar-refractivity contribution in [1.29, 1.82) is 0 Å². The number of methoxy groups -OCH3 is 1. The molecule has 4 nitrogen and oxygen atoms in total. The number of ether oxygens (including phenoxy) is 1. The minimum atomic E-state index is -0.0982. The number of hydrogen-bond acceptors (Lipinski definition) is 3. The van der Waals surface area contributed by atoms with Crippen LogP contribution in [0.15, 0.2) is 18.2 Å². The third-order valence-electron chi connectivity index (χ3n) is 3.51. The lowest BCUT2D eigenvalue weighted by molar-refractivity contribution is -0.122. The Kier molecular flexibility index (Phi) is 4.43. The van der Waals surface area contributed by atoms with Gasteiger partial charge in [0.05, 0.1) is 13.2 Å². The number of nitrogens with two attached hydrogens (primary N) is 1. The number of aryl methyl sites for hydroxylation is 1. The first kappa shape index (κ1) is 13.9. The second kappa shape index (κ2) is 6.06. The fourth-order valence-electron chi connectivity index (χ4n) is 2.61. The highest BCUT2D eigenvalue weighted by Crippen LogP contribution is 2.32.